The van der Waals surface area contributed by atoms with Gasteiger partial charge in [-0.1, -0.05) is 20.3 Å². The number of nitrogens with zero attached hydrogens (tertiary/aromatic N) is 1. The van der Waals surface area contributed by atoms with E-state index in [9.17, 15) is 4.79 Å². The van der Waals surface area contributed by atoms with Crippen LogP contribution in [0.3, 0.4) is 0 Å². The topological polar surface area (TPSA) is 41.6 Å². The fraction of sp³-hybridized carbons (Fsp3) is 0.933. The normalized spacial score (nSPS) is 35.6. The van der Waals surface area contributed by atoms with Crippen molar-refractivity contribution in [3.63, 3.8) is 0 Å². The Balaban J connectivity index is 2.14. The lowest BCUT2D eigenvalue weighted by atomic mass is 9.89. The maximum absolute atomic E-state index is 13.0. The van der Waals surface area contributed by atoms with Crippen molar-refractivity contribution in [1.29, 1.82) is 0 Å². The third-order valence-electron chi connectivity index (χ3n) is 4.53. The number of ether oxygens (including phenoxy) is 1. The Bertz CT molecular complexity index is 313. The number of hydrogen-bond acceptors (Lipinski definition) is 3. The van der Waals surface area contributed by atoms with Crippen LogP contribution in [0.25, 0.3) is 0 Å². The minimum atomic E-state index is -0.292. The summed E-state index contributed by atoms with van der Waals surface area (Å²) in [4.78, 5) is 15.1. The van der Waals surface area contributed by atoms with E-state index < -0.39 is 0 Å². The number of hydrogen-bond donors (Lipinski definition) is 1. The van der Waals surface area contributed by atoms with Gasteiger partial charge in [0.2, 0.25) is 5.91 Å². The van der Waals surface area contributed by atoms with Gasteiger partial charge in [-0.05, 0) is 39.2 Å². The van der Waals surface area contributed by atoms with Crippen molar-refractivity contribution in [2.24, 2.45) is 0 Å². The quantitative estimate of drug-likeness (QED) is 0.847. The summed E-state index contributed by atoms with van der Waals surface area (Å²) >= 11 is 0. The van der Waals surface area contributed by atoms with E-state index in [1.165, 1.54) is 0 Å². The summed E-state index contributed by atoms with van der Waals surface area (Å²) in [7, 11) is 0. The zero-order valence-corrected chi connectivity index (χ0v) is 12.6. The van der Waals surface area contributed by atoms with Crippen LogP contribution in [0.2, 0.25) is 0 Å². The zero-order valence-electron chi connectivity index (χ0n) is 12.6. The molecule has 2 saturated heterocycles. The van der Waals surface area contributed by atoms with E-state index in [1.807, 2.05) is 0 Å². The Hall–Kier alpha value is -0.610. The van der Waals surface area contributed by atoms with Crippen molar-refractivity contribution in [1.82, 2.24) is 10.2 Å². The highest BCUT2D eigenvalue weighted by molar-refractivity contribution is 5.87. The smallest absolute Gasteiger partial charge is 0.243 e. The summed E-state index contributed by atoms with van der Waals surface area (Å²) < 4.78 is 5.70. The van der Waals surface area contributed by atoms with Gasteiger partial charge >= 0.3 is 0 Å². The van der Waals surface area contributed by atoms with Gasteiger partial charge in [0.25, 0.3) is 0 Å². The third-order valence-corrected chi connectivity index (χ3v) is 4.53. The molecule has 0 radical (unpaired) electrons. The first kappa shape index (κ1) is 14.8. The van der Waals surface area contributed by atoms with E-state index >= 15 is 0 Å². The summed E-state index contributed by atoms with van der Waals surface area (Å²) in [5, 5.41) is 3.50. The van der Waals surface area contributed by atoms with Gasteiger partial charge in [-0.3, -0.25) is 4.79 Å². The van der Waals surface area contributed by atoms with Gasteiger partial charge in [0.05, 0.1) is 24.3 Å². The van der Waals surface area contributed by atoms with Gasteiger partial charge in [-0.25, -0.2) is 0 Å². The standard InChI is InChI=1S/C15H28N2O2/c1-4-7-15(8-6-9-16-15)14(18)17-10-12(3)19-11-13(17)5-2/h12-13,16H,4-11H2,1-3H3. The largest absolute Gasteiger partial charge is 0.375 e. The molecular weight excluding hydrogens is 240 g/mol. The van der Waals surface area contributed by atoms with Crippen LogP contribution in [0.4, 0.5) is 0 Å². The summed E-state index contributed by atoms with van der Waals surface area (Å²) in [6, 6.07) is 0.250. The van der Waals surface area contributed by atoms with Crippen LogP contribution in [-0.2, 0) is 9.53 Å². The number of rotatable bonds is 4. The molecule has 2 fully saturated rings. The van der Waals surface area contributed by atoms with Crippen LogP contribution in [0.1, 0.15) is 52.9 Å². The molecule has 0 saturated carbocycles. The molecule has 0 bridgehead atoms. The lowest BCUT2D eigenvalue weighted by Crippen LogP contribution is -2.61. The van der Waals surface area contributed by atoms with E-state index in [-0.39, 0.29) is 17.7 Å². The van der Waals surface area contributed by atoms with Crippen LogP contribution in [0.15, 0.2) is 0 Å². The fourth-order valence-corrected chi connectivity index (χ4v) is 3.44. The number of carbonyl (C=O) groups excluding carboxylic acids is 1. The summed E-state index contributed by atoms with van der Waals surface area (Å²) in [6.45, 7) is 8.76. The van der Waals surface area contributed by atoms with Gasteiger partial charge in [-0.2, -0.15) is 0 Å². The van der Waals surface area contributed by atoms with Crippen molar-refractivity contribution in [3.8, 4) is 0 Å². The summed E-state index contributed by atoms with van der Waals surface area (Å²) in [5.41, 5.74) is -0.292. The first-order chi connectivity index (χ1) is 9.13. The van der Waals surface area contributed by atoms with E-state index in [1.54, 1.807) is 0 Å². The molecule has 1 N–H and O–H groups in total. The molecule has 2 aliphatic rings. The Labute approximate surface area is 116 Å². The number of amides is 1. The van der Waals surface area contributed by atoms with Crippen LogP contribution in [-0.4, -0.2) is 48.2 Å². The van der Waals surface area contributed by atoms with Gasteiger partial charge in [-0.15, -0.1) is 0 Å². The van der Waals surface area contributed by atoms with Crippen molar-refractivity contribution < 1.29 is 9.53 Å². The molecule has 0 aromatic rings. The minimum Gasteiger partial charge on any atom is -0.375 e. The van der Waals surface area contributed by atoms with E-state index in [4.69, 9.17) is 4.74 Å². The molecule has 3 atom stereocenters. The summed E-state index contributed by atoms with van der Waals surface area (Å²) in [5.74, 6) is 0.314. The Morgan fingerprint density at radius 1 is 1.47 bits per heavy atom. The second-order valence-corrected chi connectivity index (χ2v) is 6.03. The van der Waals surface area contributed by atoms with Crippen LogP contribution in [0.5, 0.6) is 0 Å². The second kappa shape index (κ2) is 6.23. The third kappa shape index (κ3) is 2.95. The molecule has 2 heterocycles. The average molecular weight is 268 g/mol. The molecule has 0 aromatic carbocycles. The molecule has 3 unspecified atom stereocenters. The van der Waals surface area contributed by atoms with Gasteiger partial charge in [0.1, 0.15) is 0 Å². The minimum absolute atomic E-state index is 0.159. The molecule has 0 aromatic heterocycles. The first-order valence-corrected chi connectivity index (χ1v) is 7.80. The Morgan fingerprint density at radius 3 is 2.84 bits per heavy atom. The molecule has 0 spiro atoms. The summed E-state index contributed by atoms with van der Waals surface area (Å²) in [6.07, 6.45) is 5.24. The molecule has 2 aliphatic heterocycles. The number of nitrogens with one attached hydrogen (secondary N) is 1. The molecular formula is C15H28N2O2. The molecule has 19 heavy (non-hydrogen) atoms. The average Bonchev–Trinajstić information content (AvgIpc) is 2.88. The molecule has 4 nitrogen and oxygen atoms in total. The van der Waals surface area contributed by atoms with Crippen molar-refractivity contribution >= 4 is 5.91 Å². The molecule has 110 valence electrons. The van der Waals surface area contributed by atoms with Gasteiger partial charge < -0.3 is 15.0 Å². The van der Waals surface area contributed by atoms with Crippen molar-refractivity contribution in [2.45, 2.75) is 70.6 Å². The highest BCUT2D eigenvalue weighted by Crippen LogP contribution is 2.29. The van der Waals surface area contributed by atoms with Crippen LogP contribution in [0, 0.1) is 0 Å². The van der Waals surface area contributed by atoms with Crippen LogP contribution < -0.4 is 5.32 Å². The highest BCUT2D eigenvalue weighted by atomic mass is 16.5. The number of carbonyl (C=O) groups is 1. The van der Waals surface area contributed by atoms with E-state index in [0.717, 1.165) is 45.2 Å². The Kier molecular flexibility index (Phi) is 4.85. The zero-order chi connectivity index (χ0) is 13.9. The predicted octanol–water partition coefficient (Wildman–Crippen LogP) is 1.93. The van der Waals surface area contributed by atoms with Gasteiger partial charge in [0, 0.05) is 6.54 Å². The lowest BCUT2D eigenvalue weighted by molar-refractivity contribution is -0.151. The monoisotopic (exact) mass is 268 g/mol. The van der Waals surface area contributed by atoms with Crippen LogP contribution >= 0.6 is 0 Å². The predicted molar refractivity (Wildman–Crippen MR) is 76.1 cm³/mol. The maximum atomic E-state index is 13.0. The first-order valence-electron chi connectivity index (χ1n) is 7.80. The Morgan fingerprint density at radius 2 is 2.26 bits per heavy atom. The SMILES string of the molecule is CCCC1(C(=O)N2CC(C)OCC2CC)CCCN1. The van der Waals surface area contributed by atoms with Gasteiger partial charge in [0.15, 0.2) is 0 Å². The molecule has 1 amide bonds. The molecule has 4 heteroatoms. The van der Waals surface area contributed by atoms with E-state index in [2.05, 4.69) is 31.0 Å². The van der Waals surface area contributed by atoms with Crippen molar-refractivity contribution in [3.05, 3.63) is 0 Å². The second-order valence-electron chi connectivity index (χ2n) is 6.03. The highest BCUT2D eigenvalue weighted by Gasteiger charge is 2.45. The lowest BCUT2D eigenvalue weighted by Gasteiger charge is -2.43. The van der Waals surface area contributed by atoms with E-state index in [0.29, 0.717) is 12.5 Å². The molecule has 0 aliphatic carbocycles. The maximum Gasteiger partial charge on any atom is 0.243 e. The van der Waals surface area contributed by atoms with Crippen molar-refractivity contribution in [2.75, 3.05) is 19.7 Å². The fourth-order valence-electron chi connectivity index (χ4n) is 3.44. The molecule has 2 rings (SSSR count). The number of morpholine rings is 1.